The van der Waals surface area contributed by atoms with Crippen molar-refractivity contribution in [2.45, 2.75) is 101 Å². The summed E-state index contributed by atoms with van der Waals surface area (Å²) in [5, 5.41) is 2.61. The third-order valence-corrected chi connectivity index (χ3v) is 15.0. The molecular formula is C53H53N. The average molecular weight is 704 g/mol. The zero-order valence-electron chi connectivity index (χ0n) is 32.2. The van der Waals surface area contributed by atoms with Crippen LogP contribution in [0.1, 0.15) is 113 Å². The van der Waals surface area contributed by atoms with Crippen molar-refractivity contribution in [2.24, 2.45) is 17.8 Å². The van der Waals surface area contributed by atoms with Gasteiger partial charge in [0.25, 0.3) is 0 Å². The van der Waals surface area contributed by atoms with Crippen LogP contribution in [0, 0.1) is 17.8 Å². The Labute approximate surface area is 322 Å². The van der Waals surface area contributed by atoms with Gasteiger partial charge in [0.15, 0.2) is 0 Å². The summed E-state index contributed by atoms with van der Waals surface area (Å²) in [6, 6.07) is 49.6. The Morgan fingerprint density at radius 1 is 0.519 bits per heavy atom. The van der Waals surface area contributed by atoms with Crippen LogP contribution < -0.4 is 4.90 Å². The smallest absolute Gasteiger partial charge is 0.0465 e. The van der Waals surface area contributed by atoms with E-state index in [1.165, 1.54) is 137 Å². The number of anilines is 3. The summed E-state index contributed by atoms with van der Waals surface area (Å²) >= 11 is 0. The van der Waals surface area contributed by atoms with Crippen LogP contribution in [0.2, 0.25) is 0 Å². The molecule has 0 radical (unpaired) electrons. The lowest BCUT2D eigenvalue weighted by Crippen LogP contribution is -2.48. The van der Waals surface area contributed by atoms with E-state index >= 15 is 0 Å². The van der Waals surface area contributed by atoms with Crippen LogP contribution in [0.15, 0.2) is 127 Å². The van der Waals surface area contributed by atoms with E-state index in [0.29, 0.717) is 11.3 Å². The second-order valence-electron chi connectivity index (χ2n) is 18.6. The molecule has 6 aliphatic carbocycles. The Morgan fingerprint density at radius 3 is 1.81 bits per heavy atom. The second-order valence-corrected chi connectivity index (χ2v) is 18.6. The van der Waals surface area contributed by atoms with Gasteiger partial charge in [0.1, 0.15) is 0 Å². The Hall–Kier alpha value is -4.62. The molecule has 12 rings (SSSR count). The van der Waals surface area contributed by atoms with E-state index < -0.39 is 0 Å². The molecule has 1 nitrogen and oxygen atoms in total. The van der Waals surface area contributed by atoms with Crippen molar-refractivity contribution < 1.29 is 0 Å². The summed E-state index contributed by atoms with van der Waals surface area (Å²) in [4.78, 5) is 2.54. The van der Waals surface area contributed by atoms with Crippen LogP contribution in [0.5, 0.6) is 0 Å². The van der Waals surface area contributed by atoms with Crippen molar-refractivity contribution in [1.82, 2.24) is 0 Å². The van der Waals surface area contributed by atoms with Gasteiger partial charge in [0.2, 0.25) is 0 Å². The van der Waals surface area contributed by atoms with Gasteiger partial charge in [-0.3, -0.25) is 0 Å². The first-order valence-electron chi connectivity index (χ1n) is 21.2. The molecule has 0 saturated heterocycles. The Balaban J connectivity index is 0.979. The lowest BCUT2D eigenvalue weighted by atomic mass is 9.48. The third-order valence-electron chi connectivity index (χ3n) is 15.0. The predicted octanol–water partition coefficient (Wildman–Crippen LogP) is 14.8. The summed E-state index contributed by atoms with van der Waals surface area (Å²) in [6.07, 6.45) is 15.5. The number of hydrogen-bond donors (Lipinski definition) is 0. The molecular weight excluding hydrogens is 651 g/mol. The largest absolute Gasteiger partial charge is 0.310 e. The molecule has 0 heterocycles. The molecule has 1 heteroatoms. The van der Waals surface area contributed by atoms with Crippen LogP contribution in [0.3, 0.4) is 0 Å². The molecule has 0 atom stereocenters. The summed E-state index contributed by atoms with van der Waals surface area (Å²) in [7, 11) is 0. The van der Waals surface area contributed by atoms with E-state index in [0.717, 1.165) is 17.8 Å². The van der Waals surface area contributed by atoms with E-state index in [2.05, 4.69) is 146 Å². The van der Waals surface area contributed by atoms with E-state index in [1.807, 2.05) is 0 Å². The van der Waals surface area contributed by atoms with Crippen LogP contribution in [0.4, 0.5) is 17.1 Å². The Kier molecular flexibility index (Phi) is 7.56. The maximum absolute atomic E-state index is 2.54. The van der Waals surface area contributed by atoms with Crippen molar-refractivity contribution in [3.05, 3.63) is 150 Å². The molecule has 6 aliphatic rings. The van der Waals surface area contributed by atoms with Crippen molar-refractivity contribution in [3.8, 4) is 22.3 Å². The molecule has 270 valence electrons. The minimum Gasteiger partial charge on any atom is -0.310 e. The second kappa shape index (κ2) is 12.5. The highest BCUT2D eigenvalue weighted by Crippen LogP contribution is 2.61. The first kappa shape index (κ1) is 32.8. The lowest BCUT2D eigenvalue weighted by molar-refractivity contribution is -0.00518. The Morgan fingerprint density at radius 2 is 1.11 bits per heavy atom. The average Bonchev–Trinajstić information content (AvgIpc) is 3.43. The highest BCUT2D eigenvalue weighted by Gasteiger charge is 2.51. The maximum atomic E-state index is 2.54. The van der Waals surface area contributed by atoms with Gasteiger partial charge >= 0.3 is 0 Å². The molecule has 54 heavy (non-hydrogen) atoms. The van der Waals surface area contributed by atoms with Gasteiger partial charge < -0.3 is 4.90 Å². The zero-order valence-corrected chi connectivity index (χ0v) is 32.2. The van der Waals surface area contributed by atoms with Gasteiger partial charge in [0, 0.05) is 22.5 Å². The van der Waals surface area contributed by atoms with Crippen molar-refractivity contribution in [2.75, 3.05) is 4.90 Å². The van der Waals surface area contributed by atoms with Gasteiger partial charge in [-0.2, -0.15) is 0 Å². The molecule has 4 bridgehead atoms. The molecule has 5 saturated carbocycles. The highest BCUT2D eigenvalue weighted by molar-refractivity contribution is 5.98. The summed E-state index contributed by atoms with van der Waals surface area (Å²) in [5.41, 5.74) is 15.3. The normalized spacial score (nSPS) is 25.1. The molecule has 5 fully saturated rings. The van der Waals surface area contributed by atoms with E-state index in [-0.39, 0.29) is 5.41 Å². The fourth-order valence-corrected chi connectivity index (χ4v) is 12.7. The first-order chi connectivity index (χ1) is 26.4. The number of fused-ring (bicyclic) bond motifs is 4. The summed E-state index contributed by atoms with van der Waals surface area (Å²) in [5.74, 6) is 3.57. The van der Waals surface area contributed by atoms with Crippen LogP contribution in [-0.2, 0) is 10.8 Å². The number of rotatable bonds is 6. The fourth-order valence-electron chi connectivity index (χ4n) is 12.7. The zero-order chi connectivity index (χ0) is 36.0. The standard InChI is InChI=1S/C53H53N/c1-52(2)50-30-41(47-14-8-12-40-11-6-7-13-46(40)47)17-25-48(50)49-26-24-45(31-51(49)52)54(43-20-15-39(16-21-43)38-9-4-3-5-10-38)44-22-18-42(19-23-44)53-32-35-27-36(33-53)29-37(28-35)34-53/h6-8,11-26,30-31,35-38H,3-5,9-10,27-29,32-34H2,1-2H3. The molecule has 6 aromatic carbocycles. The monoisotopic (exact) mass is 703 g/mol. The molecule has 0 aromatic heterocycles. The molecule has 0 spiro atoms. The van der Waals surface area contributed by atoms with Crippen molar-refractivity contribution >= 4 is 27.8 Å². The predicted molar refractivity (Wildman–Crippen MR) is 227 cm³/mol. The summed E-state index contributed by atoms with van der Waals surface area (Å²) in [6.45, 7) is 4.86. The molecule has 0 amide bonds. The van der Waals surface area contributed by atoms with E-state index in [9.17, 15) is 0 Å². The minimum absolute atomic E-state index is 0.125. The lowest BCUT2D eigenvalue weighted by Gasteiger charge is -2.57. The van der Waals surface area contributed by atoms with Gasteiger partial charge in [-0.05, 0) is 178 Å². The fraction of sp³-hybridized carbons (Fsp3) is 0.358. The van der Waals surface area contributed by atoms with E-state index in [1.54, 1.807) is 5.56 Å². The molecule has 6 aromatic rings. The van der Waals surface area contributed by atoms with Gasteiger partial charge in [-0.25, -0.2) is 0 Å². The Bertz CT molecular complexity index is 2330. The van der Waals surface area contributed by atoms with Crippen molar-refractivity contribution in [3.63, 3.8) is 0 Å². The topological polar surface area (TPSA) is 3.24 Å². The molecule has 0 aliphatic heterocycles. The van der Waals surface area contributed by atoms with Crippen LogP contribution in [-0.4, -0.2) is 0 Å². The number of hydrogen-bond acceptors (Lipinski definition) is 1. The van der Waals surface area contributed by atoms with Crippen molar-refractivity contribution in [1.29, 1.82) is 0 Å². The van der Waals surface area contributed by atoms with Gasteiger partial charge in [-0.1, -0.05) is 118 Å². The first-order valence-corrected chi connectivity index (χ1v) is 21.2. The van der Waals surface area contributed by atoms with Crippen LogP contribution in [0.25, 0.3) is 33.0 Å². The minimum atomic E-state index is -0.125. The highest BCUT2D eigenvalue weighted by atomic mass is 15.1. The maximum Gasteiger partial charge on any atom is 0.0465 e. The van der Waals surface area contributed by atoms with Gasteiger partial charge in [0.05, 0.1) is 0 Å². The molecule has 0 N–H and O–H groups in total. The van der Waals surface area contributed by atoms with Crippen LogP contribution >= 0.6 is 0 Å². The number of nitrogens with zero attached hydrogens (tertiary/aromatic N) is 1. The number of benzene rings is 6. The van der Waals surface area contributed by atoms with Gasteiger partial charge in [-0.15, -0.1) is 0 Å². The third kappa shape index (κ3) is 5.25. The SMILES string of the molecule is CC1(C)c2cc(-c3cccc4ccccc34)ccc2-c2ccc(N(c3ccc(C4CCCCC4)cc3)c3ccc(C45CC6CC(CC(C6)C4)C5)cc3)cc21. The quantitative estimate of drug-likeness (QED) is 0.167. The molecule has 0 unspecified atom stereocenters. The van der Waals surface area contributed by atoms with E-state index in [4.69, 9.17) is 0 Å². The summed E-state index contributed by atoms with van der Waals surface area (Å²) < 4.78 is 0.